The van der Waals surface area contributed by atoms with Crippen molar-refractivity contribution < 1.29 is 18.6 Å². The fraction of sp³-hybridized carbons (Fsp3) is 0.0526. The Morgan fingerprint density at radius 1 is 0.792 bits per heavy atom. The highest BCUT2D eigenvalue weighted by molar-refractivity contribution is 7.91. The first kappa shape index (κ1) is 16.1. The molecule has 3 rings (SSSR count). The van der Waals surface area contributed by atoms with E-state index in [-0.39, 0.29) is 21.3 Å². The topological polar surface area (TPSA) is 74.6 Å². The first-order chi connectivity index (χ1) is 11.4. The summed E-state index contributed by atoms with van der Waals surface area (Å²) in [7, 11) is -3.70. The molecule has 24 heavy (non-hydrogen) atoms. The van der Waals surface area contributed by atoms with Crippen molar-refractivity contribution in [3.8, 4) is 22.6 Å². The number of phenols is 2. The van der Waals surface area contributed by atoms with Crippen LogP contribution in [0.3, 0.4) is 0 Å². The van der Waals surface area contributed by atoms with E-state index in [2.05, 4.69) is 0 Å². The van der Waals surface area contributed by atoms with E-state index in [0.717, 1.165) is 5.56 Å². The highest BCUT2D eigenvalue weighted by Crippen LogP contribution is 2.35. The Morgan fingerprint density at radius 3 is 2.12 bits per heavy atom. The van der Waals surface area contributed by atoms with Crippen molar-refractivity contribution in [1.82, 2.24) is 0 Å². The maximum atomic E-state index is 13.0. The van der Waals surface area contributed by atoms with Crippen LogP contribution in [0.2, 0.25) is 0 Å². The Labute approximate surface area is 140 Å². The molecule has 0 aliphatic rings. The Bertz CT molecular complexity index is 990. The third kappa shape index (κ3) is 2.86. The summed E-state index contributed by atoms with van der Waals surface area (Å²) in [5, 5.41) is 19.2. The van der Waals surface area contributed by atoms with Crippen LogP contribution in [0, 0.1) is 6.92 Å². The lowest BCUT2D eigenvalue weighted by Crippen LogP contribution is -2.04. The van der Waals surface area contributed by atoms with Gasteiger partial charge in [-0.3, -0.25) is 0 Å². The molecular formula is C19H16O4S. The zero-order valence-electron chi connectivity index (χ0n) is 13.0. The summed E-state index contributed by atoms with van der Waals surface area (Å²) in [6.07, 6.45) is 0. The van der Waals surface area contributed by atoms with Crippen molar-refractivity contribution in [1.29, 1.82) is 0 Å². The van der Waals surface area contributed by atoms with E-state index in [0.29, 0.717) is 11.1 Å². The molecule has 122 valence electrons. The summed E-state index contributed by atoms with van der Waals surface area (Å²) < 4.78 is 26.0. The molecule has 0 amide bonds. The molecule has 0 bridgehead atoms. The zero-order chi connectivity index (χ0) is 17.3. The van der Waals surface area contributed by atoms with E-state index < -0.39 is 9.84 Å². The average Bonchev–Trinajstić information content (AvgIpc) is 2.58. The summed E-state index contributed by atoms with van der Waals surface area (Å²) in [6, 6.07) is 17.5. The quantitative estimate of drug-likeness (QED) is 0.709. The number of rotatable bonds is 3. The van der Waals surface area contributed by atoms with Gasteiger partial charge in [-0.1, -0.05) is 42.0 Å². The Kier molecular flexibility index (Phi) is 4.03. The van der Waals surface area contributed by atoms with Crippen molar-refractivity contribution >= 4 is 9.84 Å². The maximum absolute atomic E-state index is 13.0. The van der Waals surface area contributed by atoms with Gasteiger partial charge in [0, 0.05) is 5.56 Å². The lowest BCUT2D eigenvalue weighted by atomic mass is 10.1. The number of hydrogen-bond donors (Lipinski definition) is 2. The van der Waals surface area contributed by atoms with Gasteiger partial charge in [-0.15, -0.1) is 0 Å². The van der Waals surface area contributed by atoms with Crippen LogP contribution in [0.5, 0.6) is 11.5 Å². The zero-order valence-corrected chi connectivity index (χ0v) is 13.8. The molecule has 0 aliphatic heterocycles. The monoisotopic (exact) mass is 340 g/mol. The number of benzene rings is 3. The van der Waals surface area contributed by atoms with Gasteiger partial charge in [-0.2, -0.15) is 0 Å². The molecule has 0 radical (unpaired) electrons. The molecular weight excluding hydrogens is 324 g/mol. The van der Waals surface area contributed by atoms with Gasteiger partial charge in [0.1, 0.15) is 0 Å². The number of hydrogen-bond acceptors (Lipinski definition) is 4. The van der Waals surface area contributed by atoms with Gasteiger partial charge in [-0.25, -0.2) is 8.42 Å². The molecule has 0 saturated carbocycles. The summed E-state index contributed by atoms with van der Waals surface area (Å²) in [5.41, 5.74) is 1.95. The second-order valence-corrected chi connectivity index (χ2v) is 7.43. The van der Waals surface area contributed by atoms with E-state index in [9.17, 15) is 18.6 Å². The summed E-state index contributed by atoms with van der Waals surface area (Å²) in [4.78, 5) is 0.363. The third-order valence-electron chi connectivity index (χ3n) is 3.79. The van der Waals surface area contributed by atoms with Crippen LogP contribution in [0.4, 0.5) is 0 Å². The molecule has 3 aromatic rings. The van der Waals surface area contributed by atoms with E-state index in [1.54, 1.807) is 48.5 Å². The van der Waals surface area contributed by atoms with Crippen molar-refractivity contribution in [2.75, 3.05) is 0 Å². The predicted molar refractivity (Wildman–Crippen MR) is 91.8 cm³/mol. The van der Waals surface area contributed by atoms with E-state index in [1.807, 2.05) is 6.92 Å². The lowest BCUT2D eigenvalue weighted by molar-refractivity contribution is 0.404. The second-order valence-electron chi connectivity index (χ2n) is 5.52. The summed E-state index contributed by atoms with van der Waals surface area (Å²) >= 11 is 0. The number of sulfone groups is 1. The standard InChI is InChI=1S/C19H16O4S/c1-13-6-9-15(10-7-13)24(22,23)19-5-3-2-4-16(19)14-8-11-17(20)18(21)12-14/h2-12,20-21H,1H3. The fourth-order valence-corrected chi connectivity index (χ4v) is 3.96. The fourth-order valence-electron chi connectivity index (χ4n) is 2.47. The third-order valence-corrected chi connectivity index (χ3v) is 5.62. The highest BCUT2D eigenvalue weighted by Gasteiger charge is 2.22. The van der Waals surface area contributed by atoms with Gasteiger partial charge < -0.3 is 10.2 Å². The van der Waals surface area contributed by atoms with Gasteiger partial charge in [-0.05, 0) is 42.8 Å². The first-order valence-corrected chi connectivity index (χ1v) is 8.81. The molecule has 3 aromatic carbocycles. The normalized spacial score (nSPS) is 11.4. The minimum absolute atomic E-state index is 0.152. The Balaban J connectivity index is 2.19. The average molecular weight is 340 g/mol. The van der Waals surface area contributed by atoms with E-state index in [4.69, 9.17) is 0 Å². The molecule has 0 aromatic heterocycles. The number of aromatic hydroxyl groups is 2. The molecule has 5 heteroatoms. The molecule has 0 aliphatic carbocycles. The van der Waals surface area contributed by atoms with Crippen molar-refractivity contribution in [2.45, 2.75) is 16.7 Å². The number of aryl methyl sites for hydroxylation is 1. The van der Waals surface area contributed by atoms with Crippen LogP contribution in [0.15, 0.2) is 76.5 Å². The van der Waals surface area contributed by atoms with E-state index >= 15 is 0 Å². The predicted octanol–water partition coefficient (Wildman–Crippen LogP) is 3.91. The Hall–Kier alpha value is -2.79. The van der Waals surface area contributed by atoms with Crippen molar-refractivity contribution in [3.05, 3.63) is 72.3 Å². The van der Waals surface area contributed by atoms with Gasteiger partial charge in [0.15, 0.2) is 11.5 Å². The Morgan fingerprint density at radius 2 is 1.46 bits per heavy atom. The molecule has 4 nitrogen and oxygen atoms in total. The molecule has 0 saturated heterocycles. The number of phenolic OH excluding ortho intramolecular Hbond substituents is 2. The maximum Gasteiger partial charge on any atom is 0.207 e. The largest absolute Gasteiger partial charge is 0.504 e. The molecule has 2 N–H and O–H groups in total. The van der Waals surface area contributed by atoms with Gasteiger partial charge in [0.25, 0.3) is 0 Å². The lowest BCUT2D eigenvalue weighted by Gasteiger charge is -2.12. The van der Waals surface area contributed by atoms with Crippen molar-refractivity contribution in [3.63, 3.8) is 0 Å². The summed E-state index contributed by atoms with van der Waals surface area (Å²) in [5.74, 6) is -0.548. The second kappa shape index (κ2) is 6.02. The molecule has 0 spiro atoms. The minimum atomic E-state index is -3.70. The van der Waals surface area contributed by atoms with Crippen LogP contribution in [0.1, 0.15) is 5.56 Å². The SMILES string of the molecule is Cc1ccc(S(=O)(=O)c2ccccc2-c2ccc(O)c(O)c2)cc1. The molecule has 0 fully saturated rings. The highest BCUT2D eigenvalue weighted by atomic mass is 32.2. The van der Waals surface area contributed by atoms with Crippen LogP contribution in [-0.2, 0) is 9.84 Å². The molecule has 0 atom stereocenters. The van der Waals surface area contributed by atoms with Crippen LogP contribution in [-0.4, -0.2) is 18.6 Å². The summed E-state index contributed by atoms with van der Waals surface area (Å²) in [6.45, 7) is 1.89. The minimum Gasteiger partial charge on any atom is -0.504 e. The van der Waals surface area contributed by atoms with Crippen LogP contribution < -0.4 is 0 Å². The van der Waals surface area contributed by atoms with E-state index in [1.165, 1.54) is 18.2 Å². The first-order valence-electron chi connectivity index (χ1n) is 7.33. The van der Waals surface area contributed by atoms with Gasteiger partial charge >= 0.3 is 0 Å². The molecule has 0 heterocycles. The van der Waals surface area contributed by atoms with Gasteiger partial charge in [0.05, 0.1) is 9.79 Å². The van der Waals surface area contributed by atoms with Crippen LogP contribution >= 0.6 is 0 Å². The smallest absolute Gasteiger partial charge is 0.207 e. The molecule has 0 unspecified atom stereocenters. The van der Waals surface area contributed by atoms with Crippen molar-refractivity contribution in [2.24, 2.45) is 0 Å². The van der Waals surface area contributed by atoms with Crippen LogP contribution in [0.25, 0.3) is 11.1 Å². The van der Waals surface area contributed by atoms with Gasteiger partial charge in [0.2, 0.25) is 9.84 Å².